The van der Waals surface area contributed by atoms with Gasteiger partial charge in [-0.15, -0.1) is 0 Å². The molecule has 0 aliphatic carbocycles. The Morgan fingerprint density at radius 2 is 2.17 bits per heavy atom. The number of nitrogen functional groups attached to an aromatic ring is 1. The molecule has 0 aliphatic rings. The summed E-state index contributed by atoms with van der Waals surface area (Å²) >= 11 is 5.85. The minimum atomic E-state index is -0.295. The number of carbonyl (C=O) groups excluding carboxylic acids is 1. The Hall–Kier alpha value is -1.27. The molecule has 1 unspecified atom stereocenters. The van der Waals surface area contributed by atoms with Crippen molar-refractivity contribution in [2.24, 2.45) is 5.92 Å². The lowest BCUT2D eigenvalue weighted by molar-refractivity contribution is 0.0930. The van der Waals surface area contributed by atoms with Gasteiger partial charge in [0.2, 0.25) is 0 Å². The fourth-order valence-corrected chi connectivity index (χ4v) is 1.96. The van der Waals surface area contributed by atoms with E-state index in [1.54, 1.807) is 0 Å². The van der Waals surface area contributed by atoms with Gasteiger partial charge in [-0.05, 0) is 20.0 Å². The second-order valence-corrected chi connectivity index (χ2v) is 5.16. The van der Waals surface area contributed by atoms with Crippen molar-refractivity contribution >= 4 is 23.3 Å². The van der Waals surface area contributed by atoms with Gasteiger partial charge >= 0.3 is 0 Å². The van der Waals surface area contributed by atoms with Crippen molar-refractivity contribution in [3.8, 4) is 0 Å². The molecule has 1 rings (SSSR count). The number of carbonyl (C=O) groups is 1. The van der Waals surface area contributed by atoms with E-state index in [1.165, 1.54) is 0 Å². The molecule has 0 fully saturated rings. The number of hydrogen-bond acceptors (Lipinski definition) is 4. The number of aromatic amines is 1. The number of nitrogens with zero attached hydrogens (tertiary/aromatic N) is 2. The molecule has 1 heterocycles. The van der Waals surface area contributed by atoms with E-state index in [4.69, 9.17) is 17.3 Å². The molecule has 0 saturated carbocycles. The molecule has 18 heavy (non-hydrogen) atoms. The number of hydrogen-bond donors (Lipinski definition) is 3. The Morgan fingerprint density at radius 1 is 1.56 bits per heavy atom. The standard InChI is InChI=1S/C11H20ClN5O/c1-6(2)7(17(3)4)5-14-11(18)9-8(12)10(13)16-15-9/h6-7H,5H2,1-4H3,(H,14,18)(H3,13,15,16). The number of rotatable bonds is 5. The van der Waals surface area contributed by atoms with E-state index in [0.29, 0.717) is 12.5 Å². The molecule has 1 aromatic rings. The van der Waals surface area contributed by atoms with Gasteiger partial charge < -0.3 is 16.0 Å². The first kappa shape index (κ1) is 14.8. The largest absolute Gasteiger partial charge is 0.381 e. The maximum Gasteiger partial charge on any atom is 0.270 e. The maximum absolute atomic E-state index is 11.9. The minimum absolute atomic E-state index is 0.134. The van der Waals surface area contributed by atoms with Crippen LogP contribution in [0.15, 0.2) is 0 Å². The van der Waals surface area contributed by atoms with Crippen LogP contribution in [-0.2, 0) is 0 Å². The molecule has 0 radical (unpaired) electrons. The number of likely N-dealkylation sites (N-methyl/N-ethyl adjacent to an activating group) is 1. The average molecular weight is 274 g/mol. The van der Waals surface area contributed by atoms with Crippen molar-refractivity contribution in [1.82, 2.24) is 20.4 Å². The molecule has 6 nitrogen and oxygen atoms in total. The van der Waals surface area contributed by atoms with E-state index < -0.39 is 0 Å². The van der Waals surface area contributed by atoms with Crippen LogP contribution in [0, 0.1) is 5.92 Å². The summed E-state index contributed by atoms with van der Waals surface area (Å²) in [5, 5.41) is 9.20. The van der Waals surface area contributed by atoms with Gasteiger partial charge in [0.1, 0.15) is 10.7 Å². The summed E-state index contributed by atoms with van der Waals surface area (Å²) in [7, 11) is 3.97. The Labute approximate surface area is 112 Å². The van der Waals surface area contributed by atoms with Gasteiger partial charge in [0.15, 0.2) is 5.82 Å². The van der Waals surface area contributed by atoms with E-state index in [9.17, 15) is 4.79 Å². The third-order valence-corrected chi connectivity index (χ3v) is 3.25. The fourth-order valence-electron chi connectivity index (χ4n) is 1.79. The van der Waals surface area contributed by atoms with Gasteiger partial charge in [0.05, 0.1) is 0 Å². The lowest BCUT2D eigenvalue weighted by Crippen LogP contribution is -2.43. The van der Waals surface area contributed by atoms with Gasteiger partial charge in [-0.3, -0.25) is 9.89 Å². The van der Waals surface area contributed by atoms with E-state index >= 15 is 0 Å². The highest BCUT2D eigenvalue weighted by molar-refractivity contribution is 6.35. The van der Waals surface area contributed by atoms with Crippen molar-refractivity contribution < 1.29 is 4.79 Å². The Balaban J connectivity index is 2.63. The van der Waals surface area contributed by atoms with E-state index in [2.05, 4.69) is 34.3 Å². The number of halogens is 1. The number of nitrogens with one attached hydrogen (secondary N) is 2. The highest BCUT2D eigenvalue weighted by Crippen LogP contribution is 2.19. The topological polar surface area (TPSA) is 87.0 Å². The van der Waals surface area contributed by atoms with Crippen molar-refractivity contribution in [3.63, 3.8) is 0 Å². The molecule has 0 aromatic carbocycles. The normalized spacial score (nSPS) is 13.1. The van der Waals surface area contributed by atoms with Gasteiger partial charge in [-0.25, -0.2) is 0 Å². The van der Waals surface area contributed by atoms with Gasteiger partial charge in [-0.2, -0.15) is 5.10 Å². The van der Waals surface area contributed by atoms with Crippen LogP contribution in [0.5, 0.6) is 0 Å². The number of aromatic nitrogens is 2. The summed E-state index contributed by atoms with van der Waals surface area (Å²) in [6, 6.07) is 0.257. The predicted octanol–water partition coefficient (Wildman–Crippen LogP) is 0.961. The average Bonchev–Trinajstić information content (AvgIpc) is 2.58. The zero-order valence-electron chi connectivity index (χ0n) is 11.1. The monoisotopic (exact) mass is 273 g/mol. The summed E-state index contributed by atoms with van der Waals surface area (Å²) in [5.41, 5.74) is 5.67. The highest BCUT2D eigenvalue weighted by atomic mass is 35.5. The lowest BCUT2D eigenvalue weighted by atomic mass is 10.0. The molecule has 1 aromatic heterocycles. The summed E-state index contributed by atoms with van der Waals surface area (Å²) < 4.78 is 0. The Kier molecular flexibility index (Phi) is 4.98. The first-order valence-corrected chi connectivity index (χ1v) is 6.16. The van der Waals surface area contributed by atoms with Gasteiger partial charge in [0.25, 0.3) is 5.91 Å². The molecule has 0 bridgehead atoms. The quantitative estimate of drug-likeness (QED) is 0.746. The summed E-state index contributed by atoms with van der Waals surface area (Å²) in [4.78, 5) is 14.0. The van der Waals surface area contributed by atoms with Crippen LogP contribution in [0.2, 0.25) is 5.02 Å². The van der Waals surface area contributed by atoms with Crippen LogP contribution in [-0.4, -0.2) is 47.7 Å². The summed E-state index contributed by atoms with van der Waals surface area (Å²) in [6.07, 6.45) is 0. The highest BCUT2D eigenvalue weighted by Gasteiger charge is 2.20. The fraction of sp³-hybridized carbons (Fsp3) is 0.636. The predicted molar refractivity (Wildman–Crippen MR) is 72.7 cm³/mol. The first-order chi connectivity index (χ1) is 8.34. The van der Waals surface area contributed by atoms with Crippen molar-refractivity contribution in [2.45, 2.75) is 19.9 Å². The third kappa shape index (κ3) is 3.36. The molecule has 0 spiro atoms. The van der Waals surface area contributed by atoms with Gasteiger partial charge in [0, 0.05) is 12.6 Å². The molecule has 1 amide bonds. The van der Waals surface area contributed by atoms with E-state index in [-0.39, 0.29) is 28.5 Å². The molecule has 102 valence electrons. The maximum atomic E-state index is 11.9. The Bertz CT molecular complexity index is 408. The lowest BCUT2D eigenvalue weighted by Gasteiger charge is -2.27. The molecule has 7 heteroatoms. The second kappa shape index (κ2) is 6.06. The van der Waals surface area contributed by atoms with Crippen LogP contribution in [0.4, 0.5) is 5.82 Å². The van der Waals surface area contributed by atoms with Crippen molar-refractivity contribution in [3.05, 3.63) is 10.7 Å². The van der Waals surface area contributed by atoms with Crippen molar-refractivity contribution in [1.29, 1.82) is 0 Å². The van der Waals surface area contributed by atoms with Crippen LogP contribution < -0.4 is 11.1 Å². The van der Waals surface area contributed by atoms with Crippen LogP contribution >= 0.6 is 11.6 Å². The first-order valence-electron chi connectivity index (χ1n) is 5.78. The van der Waals surface area contributed by atoms with Gasteiger partial charge in [-0.1, -0.05) is 25.4 Å². The van der Waals surface area contributed by atoms with E-state index in [0.717, 1.165) is 0 Å². The SMILES string of the molecule is CC(C)C(CNC(=O)c1[nH]nc(N)c1Cl)N(C)C. The minimum Gasteiger partial charge on any atom is -0.381 e. The molecule has 0 saturated heterocycles. The molecule has 1 atom stereocenters. The molecular weight excluding hydrogens is 254 g/mol. The molecule has 0 aliphatic heterocycles. The molecule has 4 N–H and O–H groups in total. The number of nitrogens with two attached hydrogens (primary N) is 1. The summed E-state index contributed by atoms with van der Waals surface area (Å²) in [6.45, 7) is 4.76. The second-order valence-electron chi connectivity index (χ2n) is 4.78. The zero-order valence-corrected chi connectivity index (χ0v) is 11.9. The Morgan fingerprint density at radius 3 is 2.56 bits per heavy atom. The third-order valence-electron chi connectivity index (χ3n) is 2.86. The summed E-state index contributed by atoms with van der Waals surface area (Å²) in [5.74, 6) is 0.272. The number of H-pyrrole nitrogens is 1. The zero-order chi connectivity index (χ0) is 13.9. The van der Waals surface area contributed by atoms with Crippen molar-refractivity contribution in [2.75, 3.05) is 26.4 Å². The van der Waals surface area contributed by atoms with E-state index in [1.807, 2.05) is 14.1 Å². The smallest absolute Gasteiger partial charge is 0.270 e. The van der Waals surface area contributed by atoms with Crippen LogP contribution in [0.1, 0.15) is 24.3 Å². The van der Waals surface area contributed by atoms with Crippen LogP contribution in [0.25, 0.3) is 0 Å². The molecular formula is C11H20ClN5O. The van der Waals surface area contributed by atoms with Crippen LogP contribution in [0.3, 0.4) is 0 Å². The number of anilines is 1. The number of amides is 1.